The molecule has 0 spiro atoms. The van der Waals surface area contributed by atoms with Gasteiger partial charge in [0.05, 0.1) is 5.57 Å². The van der Waals surface area contributed by atoms with E-state index in [9.17, 15) is 5.26 Å². The SMILES string of the molecule is CC(CC1C(C#N)=C(N)Oc2ccc(Br)cc21)=C(C#N)C#N. The van der Waals surface area contributed by atoms with E-state index in [0.29, 0.717) is 23.3 Å². The molecule has 0 bridgehead atoms. The second kappa shape index (κ2) is 6.35. The average Bonchev–Trinajstić information content (AvgIpc) is 2.49. The fraction of sp³-hybridized carbons (Fsp3) is 0.188. The first-order valence-corrected chi connectivity index (χ1v) is 7.18. The van der Waals surface area contributed by atoms with Gasteiger partial charge in [0.1, 0.15) is 29.5 Å². The average molecular weight is 355 g/mol. The number of halogens is 1. The molecule has 1 heterocycles. The van der Waals surface area contributed by atoms with Crippen LogP contribution in [0.2, 0.25) is 0 Å². The van der Waals surface area contributed by atoms with Crippen molar-refractivity contribution in [3.8, 4) is 24.0 Å². The van der Waals surface area contributed by atoms with Crippen molar-refractivity contribution in [1.82, 2.24) is 0 Å². The maximum Gasteiger partial charge on any atom is 0.205 e. The minimum absolute atomic E-state index is 0.0545. The first-order valence-electron chi connectivity index (χ1n) is 6.38. The number of rotatable bonds is 2. The molecule has 1 atom stereocenters. The lowest BCUT2D eigenvalue weighted by atomic mass is 9.84. The Morgan fingerprint density at radius 3 is 2.59 bits per heavy atom. The Bertz CT molecular complexity index is 802. The summed E-state index contributed by atoms with van der Waals surface area (Å²) in [7, 11) is 0. The molecule has 0 fully saturated rings. The number of fused-ring (bicyclic) bond motifs is 1. The molecular weight excluding hydrogens is 344 g/mol. The lowest BCUT2D eigenvalue weighted by molar-refractivity contribution is 0.387. The molecule has 1 aromatic rings. The third kappa shape index (κ3) is 2.81. The van der Waals surface area contributed by atoms with Crippen molar-refractivity contribution in [3.05, 3.63) is 50.8 Å². The predicted molar refractivity (Wildman–Crippen MR) is 82.9 cm³/mol. The van der Waals surface area contributed by atoms with Crippen molar-refractivity contribution in [3.63, 3.8) is 0 Å². The van der Waals surface area contributed by atoms with E-state index in [0.717, 1.165) is 10.0 Å². The minimum Gasteiger partial charge on any atom is -0.440 e. The lowest BCUT2D eigenvalue weighted by Gasteiger charge is -2.26. The van der Waals surface area contributed by atoms with Gasteiger partial charge in [-0.1, -0.05) is 15.9 Å². The normalized spacial score (nSPS) is 15.7. The van der Waals surface area contributed by atoms with Crippen LogP contribution in [0.1, 0.15) is 24.8 Å². The van der Waals surface area contributed by atoms with Crippen LogP contribution in [-0.2, 0) is 0 Å². The molecule has 1 aromatic carbocycles. The molecule has 0 aliphatic carbocycles. The van der Waals surface area contributed by atoms with E-state index in [1.807, 2.05) is 24.3 Å². The van der Waals surface area contributed by atoms with Crippen LogP contribution in [-0.4, -0.2) is 0 Å². The summed E-state index contributed by atoms with van der Waals surface area (Å²) in [6.07, 6.45) is 0.354. The van der Waals surface area contributed by atoms with Gasteiger partial charge in [-0.15, -0.1) is 0 Å². The van der Waals surface area contributed by atoms with E-state index < -0.39 is 0 Å². The highest BCUT2D eigenvalue weighted by Crippen LogP contribution is 2.42. The molecule has 1 aliphatic rings. The molecule has 0 aromatic heterocycles. The van der Waals surface area contributed by atoms with Gasteiger partial charge in [0, 0.05) is 16.0 Å². The molecular formula is C16H11BrN4O. The highest BCUT2D eigenvalue weighted by atomic mass is 79.9. The molecule has 2 N–H and O–H groups in total. The zero-order valence-electron chi connectivity index (χ0n) is 11.7. The largest absolute Gasteiger partial charge is 0.440 e. The molecule has 2 rings (SSSR count). The zero-order valence-corrected chi connectivity index (χ0v) is 13.3. The fourth-order valence-electron chi connectivity index (χ4n) is 2.35. The zero-order chi connectivity index (χ0) is 16.3. The number of nitriles is 3. The van der Waals surface area contributed by atoms with Gasteiger partial charge in [-0.25, -0.2) is 0 Å². The smallest absolute Gasteiger partial charge is 0.205 e. The van der Waals surface area contributed by atoms with Crippen molar-refractivity contribution >= 4 is 15.9 Å². The minimum atomic E-state index is -0.344. The third-order valence-corrected chi connectivity index (χ3v) is 3.96. The number of benzene rings is 1. The standard InChI is InChI=1S/C16H11BrN4O/c1-9(10(6-18)7-19)4-12-13-5-11(17)2-3-15(13)22-16(21)14(12)8-20/h2-3,5,12H,4,21H2,1H3. The first kappa shape index (κ1) is 15.6. The predicted octanol–water partition coefficient (Wildman–Crippen LogP) is 3.37. The van der Waals surface area contributed by atoms with Crippen LogP contribution in [0.15, 0.2) is 45.3 Å². The number of hydrogen-bond acceptors (Lipinski definition) is 5. The Labute approximate surface area is 136 Å². The monoisotopic (exact) mass is 354 g/mol. The van der Waals surface area contributed by atoms with Crippen molar-refractivity contribution in [1.29, 1.82) is 15.8 Å². The van der Waals surface area contributed by atoms with Crippen LogP contribution in [0.4, 0.5) is 0 Å². The molecule has 0 saturated heterocycles. The highest BCUT2D eigenvalue weighted by molar-refractivity contribution is 9.10. The number of hydrogen-bond donors (Lipinski definition) is 1. The molecule has 0 saturated carbocycles. The second-order valence-electron chi connectivity index (χ2n) is 4.81. The summed E-state index contributed by atoms with van der Waals surface area (Å²) in [5.74, 6) is 0.293. The summed E-state index contributed by atoms with van der Waals surface area (Å²) in [4.78, 5) is 0. The van der Waals surface area contributed by atoms with Crippen LogP contribution in [0, 0.1) is 34.0 Å². The third-order valence-electron chi connectivity index (χ3n) is 3.46. The summed E-state index contributed by atoms with van der Waals surface area (Å²) < 4.78 is 6.33. The van der Waals surface area contributed by atoms with Crippen molar-refractivity contribution in [2.75, 3.05) is 0 Å². The molecule has 6 heteroatoms. The maximum absolute atomic E-state index is 9.37. The van der Waals surface area contributed by atoms with Crippen molar-refractivity contribution in [2.45, 2.75) is 19.3 Å². The Kier molecular flexibility index (Phi) is 4.51. The van der Waals surface area contributed by atoms with Crippen LogP contribution in [0.25, 0.3) is 0 Å². The molecule has 0 amide bonds. The molecule has 1 aliphatic heterocycles. The molecule has 1 unspecified atom stereocenters. The van der Waals surface area contributed by atoms with Crippen molar-refractivity contribution < 1.29 is 4.74 Å². The number of nitrogens with two attached hydrogens (primary N) is 1. The Morgan fingerprint density at radius 1 is 1.32 bits per heavy atom. The van der Waals surface area contributed by atoms with Gasteiger partial charge in [0.25, 0.3) is 0 Å². The summed E-state index contributed by atoms with van der Waals surface area (Å²) >= 11 is 3.39. The molecule has 22 heavy (non-hydrogen) atoms. The van der Waals surface area contributed by atoms with E-state index in [4.69, 9.17) is 21.0 Å². The van der Waals surface area contributed by atoms with Gasteiger partial charge < -0.3 is 10.5 Å². The topological polar surface area (TPSA) is 107 Å². The molecule has 0 radical (unpaired) electrons. The Hall–Kier alpha value is -2.75. The Balaban J connectivity index is 2.56. The van der Waals surface area contributed by atoms with Gasteiger partial charge in [-0.2, -0.15) is 15.8 Å². The van der Waals surface area contributed by atoms with Gasteiger partial charge in [-0.3, -0.25) is 0 Å². The van der Waals surface area contributed by atoms with Crippen LogP contribution < -0.4 is 10.5 Å². The summed E-state index contributed by atoms with van der Waals surface area (Å²) in [6, 6.07) is 11.2. The lowest BCUT2D eigenvalue weighted by Crippen LogP contribution is -2.20. The summed E-state index contributed by atoms with van der Waals surface area (Å²) in [6.45, 7) is 1.71. The van der Waals surface area contributed by atoms with E-state index in [2.05, 4.69) is 22.0 Å². The number of nitrogens with zero attached hydrogens (tertiary/aromatic N) is 3. The highest BCUT2D eigenvalue weighted by Gasteiger charge is 2.30. The van der Waals surface area contributed by atoms with Crippen LogP contribution in [0.5, 0.6) is 5.75 Å². The van der Waals surface area contributed by atoms with E-state index in [-0.39, 0.29) is 17.4 Å². The van der Waals surface area contributed by atoms with Crippen LogP contribution >= 0.6 is 15.9 Å². The van der Waals surface area contributed by atoms with Gasteiger partial charge >= 0.3 is 0 Å². The second-order valence-corrected chi connectivity index (χ2v) is 5.73. The number of ether oxygens (including phenoxy) is 1. The summed E-state index contributed by atoms with van der Waals surface area (Å²) in [5.41, 5.74) is 7.60. The van der Waals surface area contributed by atoms with Crippen LogP contribution in [0.3, 0.4) is 0 Å². The van der Waals surface area contributed by atoms with Gasteiger partial charge in [0.2, 0.25) is 5.88 Å². The summed E-state index contributed by atoms with van der Waals surface area (Å²) in [5, 5.41) is 27.3. The van der Waals surface area contributed by atoms with E-state index in [1.165, 1.54) is 0 Å². The Morgan fingerprint density at radius 2 is 2.00 bits per heavy atom. The van der Waals surface area contributed by atoms with E-state index >= 15 is 0 Å². The van der Waals surface area contributed by atoms with Crippen molar-refractivity contribution in [2.24, 2.45) is 5.73 Å². The van der Waals surface area contributed by atoms with Gasteiger partial charge in [-0.05, 0) is 37.1 Å². The van der Waals surface area contributed by atoms with E-state index in [1.54, 1.807) is 13.0 Å². The first-order chi connectivity index (χ1) is 10.5. The molecule has 108 valence electrons. The quantitative estimate of drug-likeness (QED) is 0.819. The molecule has 5 nitrogen and oxygen atoms in total. The number of allylic oxidation sites excluding steroid dienone is 3. The van der Waals surface area contributed by atoms with Gasteiger partial charge in [0.15, 0.2) is 0 Å². The fourth-order valence-corrected chi connectivity index (χ4v) is 2.73. The maximum atomic E-state index is 9.37.